The molecule has 1 N–H and O–H groups in total. The van der Waals surface area contributed by atoms with Gasteiger partial charge in [-0.05, 0) is 12.1 Å². The lowest BCUT2D eigenvalue weighted by atomic mass is 10.2. The highest BCUT2D eigenvalue weighted by Crippen LogP contribution is 2.24. The minimum atomic E-state index is -0.752. The first-order valence-corrected chi connectivity index (χ1v) is 7.52. The van der Waals surface area contributed by atoms with Crippen molar-refractivity contribution in [2.45, 2.75) is 6.10 Å². The lowest BCUT2D eigenvalue weighted by Crippen LogP contribution is -2.22. The molecule has 1 atom stereocenters. The van der Waals surface area contributed by atoms with Gasteiger partial charge in [0.25, 0.3) is 5.91 Å². The largest absolute Gasteiger partial charge is 0.437 e. The molecule has 0 aliphatic carbocycles. The highest BCUT2D eigenvalue weighted by atomic mass is 16.5. The Labute approximate surface area is 144 Å². The summed E-state index contributed by atoms with van der Waals surface area (Å²) in [6.45, 7) is 0. The third-order valence-electron chi connectivity index (χ3n) is 3.36. The minimum Gasteiger partial charge on any atom is -0.437 e. The number of nitrogens with zero attached hydrogens (tertiary/aromatic N) is 4. The lowest BCUT2D eigenvalue weighted by Gasteiger charge is -2.14. The van der Waals surface area contributed by atoms with Gasteiger partial charge in [0.1, 0.15) is 5.75 Å². The lowest BCUT2D eigenvalue weighted by molar-refractivity contribution is -0.126. The van der Waals surface area contributed by atoms with E-state index in [0.717, 1.165) is 0 Å². The van der Waals surface area contributed by atoms with Crippen molar-refractivity contribution in [3.05, 3.63) is 60.8 Å². The second kappa shape index (κ2) is 7.54. The Morgan fingerprint density at radius 1 is 1.28 bits per heavy atom. The van der Waals surface area contributed by atoms with Gasteiger partial charge in [-0.15, -0.1) is 0 Å². The van der Waals surface area contributed by atoms with Crippen LogP contribution in [0.2, 0.25) is 0 Å². The van der Waals surface area contributed by atoms with Crippen LogP contribution in [0.3, 0.4) is 0 Å². The zero-order valence-electron chi connectivity index (χ0n) is 13.8. The number of methoxy groups -OCH3 is 1. The molecule has 8 heteroatoms. The Kier molecular flexibility index (Phi) is 5.00. The van der Waals surface area contributed by atoms with E-state index in [1.165, 1.54) is 19.5 Å². The van der Waals surface area contributed by atoms with Crippen LogP contribution < -0.4 is 10.1 Å². The van der Waals surface area contributed by atoms with Crippen molar-refractivity contribution < 1.29 is 14.3 Å². The topological polar surface area (TPSA) is 91.2 Å². The van der Waals surface area contributed by atoms with Crippen LogP contribution in [0.15, 0.2) is 55.2 Å². The van der Waals surface area contributed by atoms with Gasteiger partial charge in [0, 0.05) is 50.1 Å². The van der Waals surface area contributed by atoms with Crippen molar-refractivity contribution in [1.29, 1.82) is 0 Å². The van der Waals surface area contributed by atoms with Crippen LogP contribution >= 0.6 is 0 Å². The van der Waals surface area contributed by atoms with Crippen LogP contribution in [-0.4, -0.2) is 32.8 Å². The van der Waals surface area contributed by atoms with Crippen LogP contribution in [0.4, 0.5) is 5.69 Å². The number of aromatic nitrogens is 4. The maximum atomic E-state index is 12.5. The second-order valence-corrected chi connectivity index (χ2v) is 5.23. The molecule has 1 amide bonds. The van der Waals surface area contributed by atoms with Crippen LogP contribution in [-0.2, 0) is 16.6 Å². The number of hydrogen-bond acceptors (Lipinski definition) is 6. The summed E-state index contributed by atoms with van der Waals surface area (Å²) in [7, 11) is 3.26. The molecule has 0 saturated heterocycles. The number of benzene rings is 1. The molecule has 1 aromatic carbocycles. The fourth-order valence-electron chi connectivity index (χ4n) is 2.27. The number of amides is 1. The predicted octanol–water partition coefficient (Wildman–Crippen LogP) is 2.33. The van der Waals surface area contributed by atoms with Gasteiger partial charge in [-0.25, -0.2) is 4.98 Å². The summed E-state index contributed by atoms with van der Waals surface area (Å²) in [6, 6.07) is 6.99. The Hall–Kier alpha value is -3.26. The van der Waals surface area contributed by atoms with Gasteiger partial charge < -0.3 is 14.8 Å². The van der Waals surface area contributed by atoms with Gasteiger partial charge in [-0.2, -0.15) is 5.10 Å². The summed E-state index contributed by atoms with van der Waals surface area (Å²) in [5, 5.41) is 6.87. The Bertz CT molecular complexity index is 850. The molecule has 0 radical (unpaired) electrons. The zero-order chi connectivity index (χ0) is 17.6. The number of rotatable bonds is 6. The van der Waals surface area contributed by atoms with Crippen molar-refractivity contribution in [1.82, 2.24) is 19.7 Å². The van der Waals surface area contributed by atoms with E-state index in [1.54, 1.807) is 54.6 Å². The standard InChI is InChI=1S/C17H17N5O3/c1-22-11-12(9-20-22)16(24-2)17(23)21-13-4-3-5-14(8-13)25-15-10-18-6-7-19-15/h3-11,16H,1-2H3,(H,21,23). The smallest absolute Gasteiger partial charge is 0.258 e. The molecular weight excluding hydrogens is 322 g/mol. The summed E-state index contributed by atoms with van der Waals surface area (Å²) in [6.07, 6.45) is 7.20. The molecule has 3 aromatic rings. The van der Waals surface area contributed by atoms with E-state index < -0.39 is 6.10 Å². The van der Waals surface area contributed by atoms with Gasteiger partial charge in [0.05, 0.1) is 12.4 Å². The predicted molar refractivity (Wildman–Crippen MR) is 90.1 cm³/mol. The second-order valence-electron chi connectivity index (χ2n) is 5.23. The Morgan fingerprint density at radius 3 is 2.84 bits per heavy atom. The molecule has 25 heavy (non-hydrogen) atoms. The molecule has 0 spiro atoms. The van der Waals surface area contributed by atoms with E-state index in [2.05, 4.69) is 20.4 Å². The monoisotopic (exact) mass is 339 g/mol. The molecule has 1 unspecified atom stereocenters. The fourth-order valence-corrected chi connectivity index (χ4v) is 2.27. The third-order valence-corrected chi connectivity index (χ3v) is 3.36. The number of aryl methyl sites for hydroxylation is 1. The van der Waals surface area contributed by atoms with Crippen LogP contribution in [0.1, 0.15) is 11.7 Å². The zero-order valence-corrected chi connectivity index (χ0v) is 13.8. The van der Waals surface area contributed by atoms with Gasteiger partial charge in [-0.1, -0.05) is 6.07 Å². The molecule has 0 aliphatic heterocycles. The van der Waals surface area contributed by atoms with Crippen molar-refractivity contribution in [2.24, 2.45) is 7.05 Å². The van der Waals surface area contributed by atoms with Crippen molar-refractivity contribution in [3.63, 3.8) is 0 Å². The molecule has 0 fully saturated rings. The Balaban J connectivity index is 1.71. The molecular formula is C17H17N5O3. The number of hydrogen-bond donors (Lipinski definition) is 1. The van der Waals surface area contributed by atoms with Gasteiger partial charge >= 0.3 is 0 Å². The number of anilines is 1. The van der Waals surface area contributed by atoms with Gasteiger partial charge in [0.2, 0.25) is 5.88 Å². The number of carbonyl (C=O) groups is 1. The third kappa shape index (κ3) is 4.18. The van der Waals surface area contributed by atoms with Crippen molar-refractivity contribution in [3.8, 4) is 11.6 Å². The maximum Gasteiger partial charge on any atom is 0.258 e. The molecule has 0 bridgehead atoms. The van der Waals surface area contributed by atoms with E-state index in [0.29, 0.717) is 22.9 Å². The first kappa shape index (κ1) is 16.6. The number of nitrogens with one attached hydrogen (secondary N) is 1. The first-order valence-electron chi connectivity index (χ1n) is 7.52. The first-order chi connectivity index (χ1) is 12.2. The average molecular weight is 339 g/mol. The molecule has 0 saturated carbocycles. The van der Waals surface area contributed by atoms with E-state index >= 15 is 0 Å². The molecule has 8 nitrogen and oxygen atoms in total. The van der Waals surface area contributed by atoms with Crippen molar-refractivity contribution >= 4 is 11.6 Å². The molecule has 2 heterocycles. The van der Waals surface area contributed by atoms with Gasteiger partial charge in [-0.3, -0.25) is 14.5 Å². The minimum absolute atomic E-state index is 0.299. The highest BCUT2D eigenvalue weighted by molar-refractivity contribution is 5.95. The normalized spacial score (nSPS) is 11.8. The quantitative estimate of drug-likeness (QED) is 0.741. The molecule has 3 rings (SSSR count). The molecule has 2 aromatic heterocycles. The van der Waals surface area contributed by atoms with E-state index in [4.69, 9.17) is 9.47 Å². The van der Waals surface area contributed by atoms with E-state index in [9.17, 15) is 4.79 Å². The van der Waals surface area contributed by atoms with Gasteiger partial charge in [0.15, 0.2) is 6.10 Å². The van der Waals surface area contributed by atoms with Crippen LogP contribution in [0, 0.1) is 0 Å². The summed E-state index contributed by atoms with van der Waals surface area (Å²) in [5.74, 6) is 0.608. The maximum absolute atomic E-state index is 12.5. The summed E-state index contributed by atoms with van der Waals surface area (Å²) >= 11 is 0. The number of ether oxygens (including phenoxy) is 2. The SMILES string of the molecule is COC(C(=O)Nc1cccc(Oc2cnccn2)c1)c1cnn(C)c1. The van der Waals surface area contributed by atoms with Crippen LogP contribution in [0.5, 0.6) is 11.6 Å². The van der Waals surface area contributed by atoms with E-state index in [-0.39, 0.29) is 5.91 Å². The van der Waals surface area contributed by atoms with E-state index in [1.807, 2.05) is 0 Å². The Morgan fingerprint density at radius 2 is 2.16 bits per heavy atom. The average Bonchev–Trinajstić information content (AvgIpc) is 3.03. The summed E-state index contributed by atoms with van der Waals surface area (Å²) < 4.78 is 12.5. The fraction of sp³-hybridized carbons (Fsp3) is 0.176. The molecule has 0 aliphatic rings. The highest BCUT2D eigenvalue weighted by Gasteiger charge is 2.21. The van der Waals surface area contributed by atoms with Crippen LogP contribution in [0.25, 0.3) is 0 Å². The summed E-state index contributed by atoms with van der Waals surface area (Å²) in [4.78, 5) is 20.5. The molecule has 128 valence electrons. The summed E-state index contributed by atoms with van der Waals surface area (Å²) in [5.41, 5.74) is 1.26. The van der Waals surface area contributed by atoms with Crippen molar-refractivity contribution in [2.75, 3.05) is 12.4 Å². The number of carbonyl (C=O) groups excluding carboxylic acids is 1.